The molecule has 0 aliphatic rings. The first-order valence-corrected chi connectivity index (χ1v) is 6.89. The number of hydrogen-bond acceptors (Lipinski definition) is 5. The van der Waals surface area contributed by atoms with Gasteiger partial charge in [-0.05, 0) is 19.1 Å². The topological polar surface area (TPSA) is 94.3 Å². The van der Waals surface area contributed by atoms with Gasteiger partial charge in [0.15, 0.2) is 0 Å². The molecule has 1 aromatic rings. The van der Waals surface area contributed by atoms with Gasteiger partial charge in [-0.25, -0.2) is 18.5 Å². The van der Waals surface area contributed by atoms with E-state index < -0.39 is 10.0 Å². The van der Waals surface area contributed by atoms with E-state index in [-0.39, 0.29) is 10.7 Å². The zero-order valence-electron chi connectivity index (χ0n) is 10.2. The zero-order chi connectivity index (χ0) is 13.6. The van der Waals surface area contributed by atoms with Gasteiger partial charge in [-0.2, -0.15) is 0 Å². The quantitative estimate of drug-likeness (QED) is 0.563. The van der Waals surface area contributed by atoms with Crippen molar-refractivity contribution in [1.82, 2.24) is 4.98 Å². The molecule has 0 bridgehead atoms. The minimum Gasteiger partial charge on any atom is -0.375 e. The standard InChI is InChI=1S/C11H17N3O3S/c1-9(2)8-17-7-6-14-11-10(18(12,15)16)4-3-5-13-11/h3-5H,1,6-8H2,2H3,(H,13,14)(H2,12,15,16). The van der Waals surface area contributed by atoms with Gasteiger partial charge in [-0.15, -0.1) is 0 Å². The average molecular weight is 271 g/mol. The van der Waals surface area contributed by atoms with Crippen molar-refractivity contribution >= 4 is 15.8 Å². The molecule has 3 N–H and O–H groups in total. The summed E-state index contributed by atoms with van der Waals surface area (Å²) in [7, 11) is -3.77. The van der Waals surface area contributed by atoms with Crippen LogP contribution in [0.2, 0.25) is 0 Å². The van der Waals surface area contributed by atoms with E-state index in [0.29, 0.717) is 19.8 Å². The Balaban J connectivity index is 2.55. The molecule has 0 amide bonds. The molecule has 1 rings (SSSR count). The van der Waals surface area contributed by atoms with Crippen LogP contribution in [-0.4, -0.2) is 33.2 Å². The number of nitrogens with two attached hydrogens (primary N) is 1. The van der Waals surface area contributed by atoms with Gasteiger partial charge < -0.3 is 10.1 Å². The molecule has 1 aromatic heterocycles. The van der Waals surface area contributed by atoms with E-state index in [2.05, 4.69) is 16.9 Å². The fourth-order valence-electron chi connectivity index (χ4n) is 1.24. The first kappa shape index (κ1) is 14.6. The van der Waals surface area contributed by atoms with Crippen molar-refractivity contribution in [3.63, 3.8) is 0 Å². The Labute approximate surface area is 107 Å². The second-order valence-electron chi connectivity index (χ2n) is 3.83. The molecule has 18 heavy (non-hydrogen) atoms. The monoisotopic (exact) mass is 271 g/mol. The summed E-state index contributed by atoms with van der Waals surface area (Å²) in [4.78, 5) is 3.91. The third-order valence-electron chi connectivity index (χ3n) is 1.96. The molecule has 6 nitrogen and oxygen atoms in total. The first-order valence-electron chi connectivity index (χ1n) is 5.35. The van der Waals surface area contributed by atoms with E-state index in [9.17, 15) is 8.42 Å². The molecule has 100 valence electrons. The highest BCUT2D eigenvalue weighted by atomic mass is 32.2. The zero-order valence-corrected chi connectivity index (χ0v) is 11.0. The summed E-state index contributed by atoms with van der Waals surface area (Å²) in [6.45, 7) is 6.91. The van der Waals surface area contributed by atoms with E-state index in [4.69, 9.17) is 9.88 Å². The van der Waals surface area contributed by atoms with Crippen LogP contribution in [0, 0.1) is 0 Å². The maximum Gasteiger partial charge on any atom is 0.241 e. The summed E-state index contributed by atoms with van der Waals surface area (Å²) in [5.74, 6) is 0.235. The van der Waals surface area contributed by atoms with Crippen LogP contribution in [0.5, 0.6) is 0 Å². The SMILES string of the molecule is C=C(C)COCCNc1ncccc1S(N)(=O)=O. The van der Waals surface area contributed by atoms with Crippen molar-refractivity contribution in [3.05, 3.63) is 30.5 Å². The Morgan fingerprint density at radius 1 is 1.61 bits per heavy atom. The van der Waals surface area contributed by atoms with E-state index in [1.54, 1.807) is 0 Å². The molecule has 0 radical (unpaired) electrons. The van der Waals surface area contributed by atoms with Gasteiger partial charge in [0.25, 0.3) is 0 Å². The molecule has 0 saturated carbocycles. The van der Waals surface area contributed by atoms with Crippen molar-refractivity contribution in [2.24, 2.45) is 5.14 Å². The number of nitrogens with zero attached hydrogens (tertiary/aromatic N) is 1. The lowest BCUT2D eigenvalue weighted by molar-refractivity contribution is 0.167. The number of anilines is 1. The smallest absolute Gasteiger partial charge is 0.241 e. The molecule has 0 spiro atoms. The summed E-state index contributed by atoms with van der Waals surface area (Å²) >= 11 is 0. The maximum absolute atomic E-state index is 11.3. The summed E-state index contributed by atoms with van der Waals surface area (Å²) in [5, 5.41) is 7.95. The minimum atomic E-state index is -3.77. The second kappa shape index (κ2) is 6.48. The number of ether oxygens (including phenoxy) is 1. The van der Waals surface area contributed by atoms with Gasteiger partial charge in [0.1, 0.15) is 10.7 Å². The van der Waals surface area contributed by atoms with Crippen LogP contribution in [0.15, 0.2) is 35.4 Å². The molecule has 7 heteroatoms. The summed E-state index contributed by atoms with van der Waals surface area (Å²) in [5.41, 5.74) is 0.929. The Bertz CT molecular complexity index is 514. The molecule has 1 heterocycles. The van der Waals surface area contributed by atoms with E-state index in [1.807, 2.05) is 6.92 Å². The highest BCUT2D eigenvalue weighted by molar-refractivity contribution is 7.89. The third kappa shape index (κ3) is 4.82. The van der Waals surface area contributed by atoms with Crippen LogP contribution < -0.4 is 10.5 Å². The van der Waals surface area contributed by atoms with Gasteiger partial charge in [-0.1, -0.05) is 12.2 Å². The fourth-order valence-corrected chi connectivity index (χ4v) is 1.90. The minimum absolute atomic E-state index is 0.0232. The van der Waals surface area contributed by atoms with Crippen LogP contribution in [0.4, 0.5) is 5.82 Å². The van der Waals surface area contributed by atoms with Gasteiger partial charge >= 0.3 is 0 Å². The predicted octanol–water partition coefficient (Wildman–Crippen LogP) is 0.734. The Morgan fingerprint density at radius 2 is 2.33 bits per heavy atom. The highest BCUT2D eigenvalue weighted by Crippen LogP contribution is 2.15. The second-order valence-corrected chi connectivity index (χ2v) is 5.36. The number of pyridine rings is 1. The normalized spacial score (nSPS) is 11.2. The summed E-state index contributed by atoms with van der Waals surface area (Å²) in [6.07, 6.45) is 1.49. The fraction of sp³-hybridized carbons (Fsp3) is 0.364. The molecule has 0 aromatic carbocycles. The van der Waals surface area contributed by atoms with Crippen LogP contribution >= 0.6 is 0 Å². The molecule has 0 atom stereocenters. The highest BCUT2D eigenvalue weighted by Gasteiger charge is 2.13. The average Bonchev–Trinajstić information content (AvgIpc) is 2.27. The Kier molecular flexibility index (Phi) is 5.26. The Hall–Kier alpha value is -1.44. The van der Waals surface area contributed by atoms with E-state index in [1.165, 1.54) is 18.3 Å². The van der Waals surface area contributed by atoms with Gasteiger partial charge in [0.2, 0.25) is 10.0 Å². The lowest BCUT2D eigenvalue weighted by atomic mass is 10.4. The largest absolute Gasteiger partial charge is 0.375 e. The van der Waals surface area contributed by atoms with Crippen molar-refractivity contribution in [1.29, 1.82) is 0 Å². The van der Waals surface area contributed by atoms with Crippen LogP contribution in [0.25, 0.3) is 0 Å². The molecule has 0 aliphatic carbocycles. The molecular formula is C11H17N3O3S. The molecular weight excluding hydrogens is 254 g/mol. The summed E-state index contributed by atoms with van der Waals surface area (Å²) in [6, 6.07) is 2.92. The van der Waals surface area contributed by atoms with E-state index in [0.717, 1.165) is 5.57 Å². The van der Waals surface area contributed by atoms with Crippen molar-refractivity contribution in [3.8, 4) is 0 Å². The Morgan fingerprint density at radius 3 is 2.94 bits per heavy atom. The van der Waals surface area contributed by atoms with Gasteiger partial charge in [0.05, 0.1) is 13.2 Å². The van der Waals surface area contributed by atoms with Gasteiger partial charge in [-0.3, -0.25) is 0 Å². The predicted molar refractivity (Wildman–Crippen MR) is 69.7 cm³/mol. The molecule has 0 saturated heterocycles. The number of hydrogen-bond donors (Lipinski definition) is 2. The number of primary sulfonamides is 1. The number of aromatic nitrogens is 1. The summed E-state index contributed by atoms with van der Waals surface area (Å²) < 4.78 is 27.8. The van der Waals surface area contributed by atoms with Crippen LogP contribution in [0.1, 0.15) is 6.92 Å². The van der Waals surface area contributed by atoms with Gasteiger partial charge in [0, 0.05) is 12.7 Å². The third-order valence-corrected chi connectivity index (χ3v) is 2.91. The maximum atomic E-state index is 11.3. The lowest BCUT2D eigenvalue weighted by Gasteiger charge is -2.09. The van der Waals surface area contributed by atoms with Crippen LogP contribution in [-0.2, 0) is 14.8 Å². The van der Waals surface area contributed by atoms with Crippen molar-refractivity contribution < 1.29 is 13.2 Å². The van der Waals surface area contributed by atoms with E-state index >= 15 is 0 Å². The molecule has 0 aliphatic heterocycles. The van der Waals surface area contributed by atoms with Crippen molar-refractivity contribution in [2.75, 3.05) is 25.1 Å². The number of sulfonamides is 1. The molecule has 0 unspecified atom stereocenters. The number of nitrogens with one attached hydrogen (secondary N) is 1. The lowest BCUT2D eigenvalue weighted by Crippen LogP contribution is -2.18. The number of rotatable bonds is 7. The molecule has 0 fully saturated rings. The van der Waals surface area contributed by atoms with Crippen molar-refractivity contribution in [2.45, 2.75) is 11.8 Å². The van der Waals surface area contributed by atoms with Crippen LogP contribution in [0.3, 0.4) is 0 Å². The first-order chi connectivity index (χ1) is 8.41.